The second-order valence-electron chi connectivity index (χ2n) is 7.96. The monoisotopic (exact) mass is 525 g/mol. The number of benzene rings is 1. The quantitative estimate of drug-likeness (QED) is 0.212. The van der Waals surface area contributed by atoms with Gasteiger partial charge in [-0.25, -0.2) is 9.97 Å². The van der Waals surface area contributed by atoms with Gasteiger partial charge in [0.1, 0.15) is 32.1 Å². The molecular formula is C26H27N3O3S3. The predicted octanol–water partition coefficient (Wildman–Crippen LogP) is 6.49. The molecule has 9 heteroatoms. The summed E-state index contributed by atoms with van der Waals surface area (Å²) >= 11 is 2.91. The molecule has 0 aliphatic carbocycles. The lowest BCUT2D eigenvalue weighted by molar-refractivity contribution is -0.120. The van der Waals surface area contributed by atoms with Crippen LogP contribution >= 0.6 is 22.7 Å². The van der Waals surface area contributed by atoms with Crippen LogP contribution in [0.15, 0.2) is 58.8 Å². The molecule has 0 fully saturated rings. The van der Waals surface area contributed by atoms with Gasteiger partial charge in [-0.05, 0) is 42.2 Å². The highest BCUT2D eigenvalue weighted by atomic mass is 32.2. The zero-order valence-electron chi connectivity index (χ0n) is 19.5. The molecule has 0 aliphatic rings. The van der Waals surface area contributed by atoms with Gasteiger partial charge in [-0.2, -0.15) is 0 Å². The first-order valence-electron chi connectivity index (χ1n) is 11.4. The number of unbranched alkanes of at least 4 members (excludes halogenated alkanes) is 1. The molecule has 4 rings (SSSR count). The number of pyridine rings is 1. The first-order chi connectivity index (χ1) is 17.0. The second-order valence-corrected chi connectivity index (χ2v) is 11.6. The zero-order valence-corrected chi connectivity index (χ0v) is 21.9. The molecule has 0 saturated carbocycles. The summed E-state index contributed by atoms with van der Waals surface area (Å²) in [5.74, 6) is 1.23. The van der Waals surface area contributed by atoms with Crippen LogP contribution < -0.4 is 10.5 Å². The summed E-state index contributed by atoms with van der Waals surface area (Å²) in [5, 5.41) is 3.53. The molecule has 182 valence electrons. The van der Waals surface area contributed by atoms with Crippen molar-refractivity contribution in [3.8, 4) is 27.6 Å². The fourth-order valence-electron chi connectivity index (χ4n) is 3.55. The Morgan fingerprint density at radius 2 is 2.09 bits per heavy atom. The molecule has 0 amide bonds. The van der Waals surface area contributed by atoms with E-state index in [1.165, 1.54) is 22.7 Å². The van der Waals surface area contributed by atoms with Crippen molar-refractivity contribution in [3.05, 3.63) is 54.6 Å². The number of nitrogens with two attached hydrogens (primary N) is 1. The Morgan fingerprint density at radius 1 is 1.29 bits per heavy atom. The number of aromatic nitrogens is 2. The van der Waals surface area contributed by atoms with E-state index in [0.717, 1.165) is 44.9 Å². The number of carbonyl (C=O) groups is 1. The molecule has 0 bridgehead atoms. The number of ketones is 1. The summed E-state index contributed by atoms with van der Waals surface area (Å²) in [7, 11) is -1.17. The number of nitrogens with zero attached hydrogens (tertiary/aromatic N) is 2. The van der Waals surface area contributed by atoms with E-state index in [9.17, 15) is 9.00 Å². The third-order valence-electron chi connectivity index (χ3n) is 5.40. The molecule has 35 heavy (non-hydrogen) atoms. The van der Waals surface area contributed by atoms with Gasteiger partial charge in [-0.1, -0.05) is 31.6 Å². The van der Waals surface area contributed by atoms with E-state index >= 15 is 0 Å². The third-order valence-corrected chi connectivity index (χ3v) is 9.19. The molecule has 0 spiro atoms. The number of allylic oxidation sites excluding steroid dienone is 1. The van der Waals surface area contributed by atoms with Crippen molar-refractivity contribution >= 4 is 55.2 Å². The number of nitrogen functional groups attached to an aromatic ring is 1. The van der Waals surface area contributed by atoms with Crippen LogP contribution in [-0.4, -0.2) is 32.3 Å². The number of hydrogen-bond donors (Lipinski definition) is 1. The molecule has 4 aromatic rings. The van der Waals surface area contributed by atoms with Crippen molar-refractivity contribution in [2.24, 2.45) is 0 Å². The lowest BCUT2D eigenvalue weighted by Crippen LogP contribution is -2.10. The maximum atomic E-state index is 12.9. The van der Waals surface area contributed by atoms with Crippen LogP contribution in [0.4, 0.5) is 5.69 Å². The fourth-order valence-corrected chi connectivity index (χ4v) is 6.95. The SMILES string of the molecule is C=CCCC(=O)COc1ccc(-c2cc(-c3nccs3)nc3sc(S(=O)CCCC)c(N)c23)cc1. The summed E-state index contributed by atoms with van der Waals surface area (Å²) in [5.41, 5.74) is 9.68. The number of ether oxygens (including phenoxy) is 1. The highest BCUT2D eigenvalue weighted by Crippen LogP contribution is 2.43. The van der Waals surface area contributed by atoms with Crippen LogP contribution in [0.2, 0.25) is 0 Å². The number of rotatable bonds is 12. The van der Waals surface area contributed by atoms with Crippen LogP contribution in [0.3, 0.4) is 0 Å². The summed E-state index contributed by atoms with van der Waals surface area (Å²) in [6, 6.07) is 9.55. The van der Waals surface area contributed by atoms with Crippen molar-refractivity contribution < 1.29 is 13.7 Å². The van der Waals surface area contributed by atoms with Crippen molar-refractivity contribution in [2.75, 3.05) is 18.1 Å². The van der Waals surface area contributed by atoms with E-state index in [-0.39, 0.29) is 12.4 Å². The van der Waals surface area contributed by atoms with Crippen LogP contribution in [0.25, 0.3) is 32.0 Å². The van der Waals surface area contributed by atoms with Crippen LogP contribution in [0.5, 0.6) is 5.75 Å². The second kappa shape index (κ2) is 11.7. The maximum Gasteiger partial charge on any atom is 0.170 e. The Kier molecular flexibility index (Phi) is 8.43. The molecule has 0 saturated heterocycles. The Morgan fingerprint density at radius 3 is 2.77 bits per heavy atom. The van der Waals surface area contributed by atoms with E-state index in [4.69, 9.17) is 15.5 Å². The highest BCUT2D eigenvalue weighted by molar-refractivity contribution is 7.87. The number of fused-ring (bicyclic) bond motifs is 1. The van der Waals surface area contributed by atoms with Gasteiger partial charge in [0.15, 0.2) is 5.78 Å². The molecule has 1 atom stereocenters. The molecule has 3 aromatic heterocycles. The minimum absolute atomic E-state index is 0.0330. The highest BCUT2D eigenvalue weighted by Gasteiger charge is 2.21. The lowest BCUT2D eigenvalue weighted by atomic mass is 10.0. The molecule has 2 N–H and O–H groups in total. The molecule has 1 unspecified atom stereocenters. The van der Waals surface area contributed by atoms with E-state index in [0.29, 0.717) is 34.2 Å². The zero-order chi connectivity index (χ0) is 24.8. The Balaban J connectivity index is 1.71. The van der Waals surface area contributed by atoms with Gasteiger partial charge in [0.25, 0.3) is 0 Å². The van der Waals surface area contributed by atoms with Gasteiger partial charge in [-0.3, -0.25) is 9.00 Å². The minimum atomic E-state index is -1.17. The maximum absolute atomic E-state index is 12.9. The number of anilines is 1. The van der Waals surface area contributed by atoms with E-state index in [1.807, 2.05) is 35.7 Å². The Labute approximate surface area is 215 Å². The molecule has 0 aliphatic heterocycles. The van der Waals surface area contributed by atoms with E-state index < -0.39 is 10.8 Å². The van der Waals surface area contributed by atoms with Crippen molar-refractivity contribution in [3.63, 3.8) is 0 Å². The smallest absolute Gasteiger partial charge is 0.170 e. The van der Waals surface area contributed by atoms with E-state index in [2.05, 4.69) is 18.5 Å². The molecule has 3 heterocycles. The number of thiophene rings is 1. The summed E-state index contributed by atoms with van der Waals surface area (Å²) in [4.78, 5) is 21.9. The molecule has 1 aromatic carbocycles. The molecule has 0 radical (unpaired) electrons. The number of thiazole rings is 1. The van der Waals surface area contributed by atoms with Crippen molar-refractivity contribution in [2.45, 2.75) is 36.8 Å². The standard InChI is InChI=1S/C26H27N3O3S3/c1-3-5-7-18(30)16-32-19-10-8-17(9-11-19)20-15-21(24-28-12-13-33-24)29-25-22(20)23(27)26(34-25)35(31)14-6-4-2/h3,8-13,15H,1,4-7,14,16,27H2,2H3. The third kappa shape index (κ3) is 5.86. The first-order valence-corrected chi connectivity index (χ1v) is 14.4. The Hall–Kier alpha value is -2.88. The van der Waals surface area contributed by atoms with Gasteiger partial charge in [0, 0.05) is 29.1 Å². The van der Waals surface area contributed by atoms with Crippen LogP contribution in [-0.2, 0) is 15.6 Å². The fraction of sp³-hybridized carbons (Fsp3) is 0.269. The molecule has 6 nitrogen and oxygen atoms in total. The molecular weight excluding hydrogens is 499 g/mol. The largest absolute Gasteiger partial charge is 0.486 e. The average molecular weight is 526 g/mol. The number of Topliss-reactive ketones (excluding diaryl/α,β-unsaturated/α-hetero) is 1. The normalized spacial score (nSPS) is 12.0. The van der Waals surface area contributed by atoms with Gasteiger partial charge in [0.2, 0.25) is 0 Å². The Bertz CT molecular complexity index is 1350. The summed E-state index contributed by atoms with van der Waals surface area (Å²) in [6.07, 6.45) is 6.40. The minimum Gasteiger partial charge on any atom is -0.486 e. The summed E-state index contributed by atoms with van der Waals surface area (Å²) < 4.78 is 19.3. The average Bonchev–Trinajstić information content (AvgIpc) is 3.53. The van der Waals surface area contributed by atoms with Gasteiger partial charge >= 0.3 is 0 Å². The summed E-state index contributed by atoms with van der Waals surface area (Å²) in [6.45, 7) is 5.75. The first kappa shape index (κ1) is 25.2. The van der Waals surface area contributed by atoms with Gasteiger partial charge in [0.05, 0.1) is 16.5 Å². The lowest BCUT2D eigenvalue weighted by Gasteiger charge is -2.09. The number of hydrogen-bond acceptors (Lipinski definition) is 8. The van der Waals surface area contributed by atoms with Crippen LogP contribution in [0.1, 0.15) is 32.6 Å². The van der Waals surface area contributed by atoms with Crippen molar-refractivity contribution in [1.29, 1.82) is 0 Å². The van der Waals surface area contributed by atoms with Crippen molar-refractivity contribution in [1.82, 2.24) is 9.97 Å². The van der Waals surface area contributed by atoms with E-state index in [1.54, 1.807) is 12.3 Å². The van der Waals surface area contributed by atoms with Crippen LogP contribution in [0, 0.1) is 0 Å². The predicted molar refractivity (Wildman–Crippen MR) is 147 cm³/mol. The van der Waals surface area contributed by atoms with Gasteiger partial charge in [-0.15, -0.1) is 29.3 Å². The van der Waals surface area contributed by atoms with Gasteiger partial charge < -0.3 is 10.5 Å². The topological polar surface area (TPSA) is 95.2 Å². The number of carbonyl (C=O) groups excluding carboxylic acids is 1.